The van der Waals surface area contributed by atoms with E-state index in [1.165, 1.54) is 0 Å². The van der Waals surface area contributed by atoms with Crippen LogP contribution in [0.25, 0.3) is 11.1 Å². The number of nitrogens with zero attached hydrogens (tertiary/aromatic N) is 1. The minimum Gasteiger partial charge on any atom is -0.618 e. The Morgan fingerprint density at radius 1 is 1.31 bits per heavy atom. The zero-order valence-corrected chi connectivity index (χ0v) is 11.6. The van der Waals surface area contributed by atoms with Gasteiger partial charge in [0, 0.05) is 19.1 Å². The van der Waals surface area contributed by atoms with E-state index in [0.29, 0.717) is 21.8 Å². The molecule has 0 spiro atoms. The van der Waals surface area contributed by atoms with Gasteiger partial charge in [0.2, 0.25) is 5.58 Å². The molecule has 3 nitrogen and oxygen atoms in total. The van der Waals surface area contributed by atoms with Crippen molar-refractivity contribution < 1.29 is 9.15 Å². The van der Waals surface area contributed by atoms with E-state index in [1.807, 2.05) is 6.07 Å². The van der Waals surface area contributed by atoms with Gasteiger partial charge in [-0.05, 0) is 0 Å². The lowest BCUT2D eigenvalue weighted by molar-refractivity contribution is -0.584. The third-order valence-corrected chi connectivity index (χ3v) is 4.55. The van der Waals surface area contributed by atoms with Crippen LogP contribution in [0.15, 0.2) is 16.5 Å². The number of furan rings is 1. The predicted molar refractivity (Wildman–Crippen MR) is 67.9 cm³/mol. The number of aromatic nitrogens is 1. The first-order chi connectivity index (χ1) is 7.30. The smallest absolute Gasteiger partial charge is 0.264 e. The van der Waals surface area contributed by atoms with Crippen molar-refractivity contribution in [2.45, 2.75) is 26.6 Å². The van der Waals surface area contributed by atoms with Crippen LogP contribution in [0.5, 0.6) is 0 Å². The first-order valence-electron chi connectivity index (χ1n) is 5.13. The van der Waals surface area contributed by atoms with Crippen molar-refractivity contribution in [3.8, 4) is 0 Å². The van der Waals surface area contributed by atoms with Crippen molar-refractivity contribution in [1.82, 2.24) is 0 Å². The molecule has 0 atom stereocenters. The van der Waals surface area contributed by atoms with Crippen LogP contribution in [0, 0.1) is 12.1 Å². The van der Waals surface area contributed by atoms with Crippen molar-refractivity contribution in [2.75, 3.05) is 0 Å². The monoisotopic (exact) mass is 255 g/mol. The van der Waals surface area contributed by atoms with E-state index in [4.69, 9.17) is 16.0 Å². The first-order valence-corrected chi connectivity index (χ1v) is 9.01. The van der Waals surface area contributed by atoms with Crippen LogP contribution in [0.1, 0.15) is 5.69 Å². The minimum atomic E-state index is -1.56. The summed E-state index contributed by atoms with van der Waals surface area (Å²) >= 11 is 6.07. The number of fused-ring (bicyclic) bond motifs is 1. The summed E-state index contributed by atoms with van der Waals surface area (Å²) in [5, 5.41) is 13.2. The van der Waals surface area contributed by atoms with Crippen molar-refractivity contribution in [3.63, 3.8) is 0 Å². The average molecular weight is 256 g/mol. The summed E-state index contributed by atoms with van der Waals surface area (Å²) in [6, 6.07) is 3.46. The Balaban J connectivity index is 2.80. The van der Waals surface area contributed by atoms with Gasteiger partial charge in [-0.3, -0.25) is 0 Å². The second kappa shape index (κ2) is 3.50. The minimum absolute atomic E-state index is 0.500. The van der Waals surface area contributed by atoms with Gasteiger partial charge in [-0.1, -0.05) is 31.2 Å². The molecule has 0 fully saturated rings. The number of halogens is 1. The van der Waals surface area contributed by atoms with Crippen LogP contribution < -0.4 is 10.1 Å². The SMILES string of the molecule is Cc1cc(Cl)c2oc([Si](C)(C)C)cc2[n+]1[O-]. The summed E-state index contributed by atoms with van der Waals surface area (Å²) < 4.78 is 6.58. The third-order valence-electron chi connectivity index (χ3n) is 2.54. The lowest BCUT2D eigenvalue weighted by Crippen LogP contribution is -2.36. The zero-order valence-electron chi connectivity index (χ0n) is 9.80. The summed E-state index contributed by atoms with van der Waals surface area (Å²) in [6.07, 6.45) is 0. The molecule has 0 aromatic carbocycles. The van der Waals surface area contributed by atoms with Gasteiger partial charge < -0.3 is 9.62 Å². The number of aryl methyl sites for hydroxylation is 1. The Hall–Kier alpha value is -1.00. The molecule has 0 aliphatic rings. The van der Waals surface area contributed by atoms with Crippen molar-refractivity contribution in [2.24, 2.45) is 0 Å². The fourth-order valence-corrected chi connectivity index (χ4v) is 2.84. The Bertz CT molecular complexity index is 557. The molecule has 0 bridgehead atoms. The molecule has 0 saturated heterocycles. The highest BCUT2D eigenvalue weighted by Crippen LogP contribution is 2.23. The standard InChI is InChI=1S/C11H14ClNO2Si/c1-7-5-8(12)11-9(13(7)14)6-10(15-11)16(2,3)4/h5-6H,1-4H3. The van der Waals surface area contributed by atoms with Gasteiger partial charge in [-0.25, -0.2) is 0 Å². The maximum Gasteiger partial charge on any atom is 0.264 e. The molecule has 0 radical (unpaired) electrons. The molecule has 2 rings (SSSR count). The van der Waals surface area contributed by atoms with E-state index in [1.54, 1.807) is 13.0 Å². The predicted octanol–water partition coefficient (Wildman–Crippen LogP) is 2.57. The maximum absolute atomic E-state index is 11.8. The van der Waals surface area contributed by atoms with Crippen LogP contribution in [0.2, 0.25) is 24.7 Å². The van der Waals surface area contributed by atoms with Gasteiger partial charge >= 0.3 is 0 Å². The normalized spacial score (nSPS) is 12.3. The number of pyridine rings is 1. The maximum atomic E-state index is 11.8. The Morgan fingerprint density at radius 3 is 2.50 bits per heavy atom. The van der Waals surface area contributed by atoms with Crippen molar-refractivity contribution in [3.05, 3.63) is 28.1 Å². The third kappa shape index (κ3) is 1.72. The van der Waals surface area contributed by atoms with Gasteiger partial charge in [0.25, 0.3) is 5.52 Å². The van der Waals surface area contributed by atoms with Crippen LogP contribution >= 0.6 is 11.6 Å². The lowest BCUT2D eigenvalue weighted by atomic mass is 10.3. The Morgan fingerprint density at radius 2 is 1.94 bits per heavy atom. The van der Waals surface area contributed by atoms with Gasteiger partial charge in [-0.2, -0.15) is 4.73 Å². The molecule has 0 saturated carbocycles. The summed E-state index contributed by atoms with van der Waals surface area (Å²) in [4.78, 5) is 0. The van der Waals surface area contributed by atoms with Crippen LogP contribution in [0.4, 0.5) is 0 Å². The summed E-state index contributed by atoms with van der Waals surface area (Å²) in [6.45, 7) is 8.24. The molecule has 2 aromatic heterocycles. The van der Waals surface area contributed by atoms with Crippen molar-refractivity contribution in [1.29, 1.82) is 0 Å². The number of hydrogen-bond acceptors (Lipinski definition) is 2. The van der Waals surface area contributed by atoms with Gasteiger partial charge in [-0.15, -0.1) is 0 Å². The van der Waals surface area contributed by atoms with Crippen LogP contribution in [-0.4, -0.2) is 8.07 Å². The topological polar surface area (TPSA) is 40.1 Å². The van der Waals surface area contributed by atoms with E-state index < -0.39 is 8.07 Å². The molecule has 2 aromatic rings. The Kier molecular flexibility index (Phi) is 2.51. The second-order valence-electron chi connectivity index (χ2n) is 5.00. The summed E-state index contributed by atoms with van der Waals surface area (Å²) in [5.41, 5.74) is 1.61. The highest BCUT2D eigenvalue weighted by atomic mass is 35.5. The van der Waals surface area contributed by atoms with E-state index in [2.05, 4.69) is 19.6 Å². The molecule has 5 heteroatoms. The van der Waals surface area contributed by atoms with E-state index in [0.717, 1.165) is 10.1 Å². The van der Waals surface area contributed by atoms with Crippen LogP contribution in [0.3, 0.4) is 0 Å². The average Bonchev–Trinajstić information content (AvgIpc) is 2.58. The quantitative estimate of drug-likeness (QED) is 0.446. The molecule has 0 N–H and O–H groups in total. The molecule has 0 aliphatic heterocycles. The van der Waals surface area contributed by atoms with E-state index in [9.17, 15) is 5.21 Å². The largest absolute Gasteiger partial charge is 0.618 e. The van der Waals surface area contributed by atoms with E-state index >= 15 is 0 Å². The summed E-state index contributed by atoms with van der Waals surface area (Å²) in [7, 11) is -1.56. The highest BCUT2D eigenvalue weighted by Gasteiger charge is 2.26. The summed E-state index contributed by atoms with van der Waals surface area (Å²) in [5.74, 6) is 0. The van der Waals surface area contributed by atoms with Crippen LogP contribution in [-0.2, 0) is 0 Å². The number of rotatable bonds is 1. The molecule has 16 heavy (non-hydrogen) atoms. The van der Waals surface area contributed by atoms with Gasteiger partial charge in [0.1, 0.15) is 8.07 Å². The molecule has 0 amide bonds. The van der Waals surface area contributed by atoms with Gasteiger partial charge in [0.15, 0.2) is 5.69 Å². The Labute approximate surface area is 100 Å². The number of hydrogen-bond donors (Lipinski definition) is 0. The molecular weight excluding hydrogens is 242 g/mol. The molecule has 0 aliphatic carbocycles. The fraction of sp³-hybridized carbons (Fsp3) is 0.364. The van der Waals surface area contributed by atoms with Crippen molar-refractivity contribution >= 4 is 36.2 Å². The van der Waals surface area contributed by atoms with E-state index in [-0.39, 0.29) is 0 Å². The molecule has 86 valence electrons. The zero-order chi connectivity index (χ0) is 12.1. The lowest BCUT2D eigenvalue weighted by Gasteiger charge is -2.09. The van der Waals surface area contributed by atoms with Gasteiger partial charge in [0.05, 0.1) is 10.4 Å². The first kappa shape index (κ1) is 11.5. The second-order valence-corrected chi connectivity index (χ2v) is 10.4. The molecule has 2 heterocycles. The fourth-order valence-electron chi connectivity index (χ4n) is 1.57. The highest BCUT2D eigenvalue weighted by molar-refractivity contribution is 6.87. The molecule has 0 unspecified atom stereocenters. The molecular formula is C11H14ClNO2Si.